The molecule has 0 unspecified atom stereocenters. The van der Waals surface area contributed by atoms with Gasteiger partial charge in [-0.25, -0.2) is 18.7 Å². The van der Waals surface area contributed by atoms with Crippen LogP contribution in [0.5, 0.6) is 0 Å². The Balaban J connectivity index is 0.000000169. The molecule has 16 heteroatoms. The summed E-state index contributed by atoms with van der Waals surface area (Å²) in [5.74, 6) is 0.537. The van der Waals surface area contributed by atoms with Crippen LogP contribution in [0.25, 0.3) is 33.8 Å². The quantitative estimate of drug-likeness (QED) is 0.101. The van der Waals surface area contributed by atoms with Gasteiger partial charge in [0.2, 0.25) is 0 Å². The number of benzene rings is 4. The van der Waals surface area contributed by atoms with Gasteiger partial charge in [-0.15, -0.1) is 0 Å². The van der Waals surface area contributed by atoms with Gasteiger partial charge in [-0.2, -0.15) is 19.2 Å². The van der Waals surface area contributed by atoms with E-state index in [1.165, 1.54) is 18.6 Å². The molecule has 0 saturated heterocycles. The Morgan fingerprint density at radius 2 is 1.10 bits per heavy atom. The molecule has 0 bridgehead atoms. The molecule has 0 atom stereocenters. The van der Waals surface area contributed by atoms with Crippen LogP contribution < -0.4 is 21.3 Å². The van der Waals surface area contributed by atoms with E-state index >= 15 is 0 Å². The fourth-order valence-corrected chi connectivity index (χ4v) is 7.33. The molecule has 4 aromatic carbocycles. The Morgan fingerprint density at radius 3 is 1.51 bits per heavy atom. The first-order chi connectivity index (χ1) is 29.6. The summed E-state index contributed by atoms with van der Waals surface area (Å²) in [6.45, 7) is 1.01. The average Bonchev–Trinajstić information content (AvgIpc) is 3.85. The monoisotopic (exact) mass is 946 g/mol. The van der Waals surface area contributed by atoms with E-state index in [1.54, 1.807) is 89.1 Å². The minimum absolute atomic E-state index is 0.0269. The zero-order valence-corrected chi connectivity index (χ0v) is 35.8. The topological polar surface area (TPSA) is 143 Å². The number of aromatic nitrogens is 6. The molecule has 0 spiro atoms. The molecule has 8 aromatic rings. The highest BCUT2D eigenvalue weighted by Crippen LogP contribution is 2.29. The van der Waals surface area contributed by atoms with Crippen molar-refractivity contribution in [1.29, 1.82) is 0 Å². The number of hydrogen-bond acceptors (Lipinski definition) is 8. The summed E-state index contributed by atoms with van der Waals surface area (Å²) in [7, 11) is 1.60. The molecule has 308 valence electrons. The van der Waals surface area contributed by atoms with Crippen LogP contribution in [0, 0.1) is 11.6 Å². The van der Waals surface area contributed by atoms with Gasteiger partial charge in [-0.05, 0) is 111 Å². The zero-order valence-electron chi connectivity index (χ0n) is 32.7. The second kappa shape index (κ2) is 18.4. The number of hydrogen-bond donors (Lipinski definition) is 4. The third-order valence-corrected chi connectivity index (χ3v) is 11.3. The fourth-order valence-electron chi connectivity index (χ4n) is 6.64. The van der Waals surface area contributed by atoms with E-state index in [0.717, 1.165) is 28.4 Å². The molecule has 2 amide bonds. The van der Waals surface area contributed by atoms with Crippen LogP contribution in [0.2, 0.25) is 0 Å². The maximum absolute atomic E-state index is 14.4. The molecule has 1 saturated carbocycles. The first kappa shape index (κ1) is 41.2. The van der Waals surface area contributed by atoms with Gasteiger partial charge in [0.25, 0.3) is 11.8 Å². The van der Waals surface area contributed by atoms with Gasteiger partial charge in [0.15, 0.2) is 11.3 Å². The predicted molar refractivity (Wildman–Crippen MR) is 238 cm³/mol. The van der Waals surface area contributed by atoms with E-state index in [1.807, 2.05) is 36.4 Å². The van der Waals surface area contributed by atoms with Crippen molar-refractivity contribution in [3.63, 3.8) is 0 Å². The van der Waals surface area contributed by atoms with Crippen LogP contribution in [0.3, 0.4) is 0 Å². The van der Waals surface area contributed by atoms with Crippen molar-refractivity contribution in [1.82, 2.24) is 39.8 Å². The summed E-state index contributed by atoms with van der Waals surface area (Å²) < 4.78 is 33.4. The number of rotatable bonds is 11. The van der Waals surface area contributed by atoms with Gasteiger partial charge >= 0.3 is 0 Å². The van der Waals surface area contributed by atoms with Crippen LogP contribution in [0.4, 0.5) is 20.4 Å². The second-order valence-corrected chi connectivity index (χ2v) is 16.0. The average molecular weight is 949 g/mol. The summed E-state index contributed by atoms with van der Waals surface area (Å²) >= 11 is 6.91. The Morgan fingerprint density at radius 1 is 0.656 bits per heavy atom. The number of carbonyl (C=O) groups excluding carboxylic acids is 2. The Hall–Kier alpha value is -6.52. The van der Waals surface area contributed by atoms with Crippen molar-refractivity contribution in [2.75, 3.05) is 17.7 Å². The molecule has 4 heterocycles. The normalized spacial score (nSPS) is 12.3. The lowest BCUT2D eigenvalue weighted by atomic mass is 9.93. The van der Waals surface area contributed by atoms with Crippen molar-refractivity contribution in [2.45, 2.75) is 38.4 Å². The number of fused-ring (bicyclic) bond motifs is 2. The molecule has 61 heavy (non-hydrogen) atoms. The van der Waals surface area contributed by atoms with Crippen molar-refractivity contribution >= 4 is 66.6 Å². The first-order valence-electron chi connectivity index (χ1n) is 19.4. The number of carbonyl (C=O) groups is 2. The summed E-state index contributed by atoms with van der Waals surface area (Å²) in [6, 6.07) is 31.8. The highest BCUT2D eigenvalue weighted by Gasteiger charge is 2.20. The number of nitrogens with zero attached hydrogens (tertiary/aromatic N) is 6. The maximum Gasteiger partial charge on any atom is 0.251 e. The van der Waals surface area contributed by atoms with Crippen molar-refractivity contribution in [2.24, 2.45) is 0 Å². The van der Waals surface area contributed by atoms with Gasteiger partial charge in [-0.1, -0.05) is 48.5 Å². The summed E-state index contributed by atoms with van der Waals surface area (Å²) in [5.41, 5.74) is 6.30. The molecule has 1 aliphatic rings. The molecule has 4 aromatic heterocycles. The van der Waals surface area contributed by atoms with Crippen molar-refractivity contribution < 1.29 is 18.4 Å². The zero-order chi connectivity index (χ0) is 42.5. The minimum Gasteiger partial charge on any atom is -0.366 e. The number of halogens is 4. The van der Waals surface area contributed by atoms with E-state index in [4.69, 9.17) is 0 Å². The number of amides is 2. The summed E-state index contributed by atoms with van der Waals surface area (Å²) in [4.78, 5) is 33.1. The van der Waals surface area contributed by atoms with Crippen LogP contribution in [-0.2, 0) is 13.1 Å². The van der Waals surface area contributed by atoms with Crippen molar-refractivity contribution in [3.05, 3.63) is 164 Å². The van der Waals surface area contributed by atoms with Gasteiger partial charge in [0.05, 0.1) is 32.7 Å². The fraction of sp³-hybridized carbons (Fsp3) is 0.156. The van der Waals surface area contributed by atoms with Gasteiger partial charge in [0.1, 0.15) is 23.3 Å². The van der Waals surface area contributed by atoms with Crippen LogP contribution >= 0.6 is 31.9 Å². The van der Waals surface area contributed by atoms with Crippen LogP contribution in [0.1, 0.15) is 51.1 Å². The molecule has 0 radical (unpaired) electrons. The molecular weight excluding hydrogens is 910 g/mol. The third-order valence-electron chi connectivity index (χ3n) is 10.2. The molecule has 4 N–H and O–H groups in total. The predicted octanol–water partition coefficient (Wildman–Crippen LogP) is 9.46. The maximum atomic E-state index is 14.4. The summed E-state index contributed by atoms with van der Waals surface area (Å²) in [5, 5.41) is 21.0. The van der Waals surface area contributed by atoms with E-state index < -0.39 is 0 Å². The minimum atomic E-state index is -0.337. The molecule has 1 fully saturated rings. The standard InChI is InChI=1S/C24H21BrFN5O.C21H17BrFN5O/c25-19-14-28-31-22(12-21(30-23(19)31)18-6-1-2-7-20(18)26)27-13-15-8-10-16(11-9-15)24(32)29-17-4-3-5-17;1-24-21(29)14-8-6-13(7-9-14)11-25-19-10-18(15-4-2-3-5-17(15)23)27-20-16(22)12-26-28(19)20/h1-2,6-12,14,17,27H,3-5,13H2,(H,29,32);2-10,12,25H,11H2,1H3,(H,24,29). The lowest BCUT2D eigenvalue weighted by molar-refractivity contribution is 0.0915. The van der Waals surface area contributed by atoms with Crippen LogP contribution in [-0.4, -0.2) is 54.1 Å². The van der Waals surface area contributed by atoms with E-state index in [2.05, 4.69) is 73.3 Å². The molecule has 1 aliphatic carbocycles. The van der Waals surface area contributed by atoms with Gasteiger partial charge in [-0.3, -0.25) is 9.59 Å². The Kier molecular flexibility index (Phi) is 12.4. The SMILES string of the molecule is CNC(=O)c1ccc(CNc2cc(-c3ccccc3F)nc3c(Br)cnn23)cc1.O=C(NC1CCC1)c1ccc(CNc2cc(-c3ccccc3F)nc3c(Br)cnn23)cc1. The van der Waals surface area contributed by atoms with E-state index in [9.17, 15) is 18.4 Å². The highest BCUT2D eigenvalue weighted by molar-refractivity contribution is 9.11. The second-order valence-electron chi connectivity index (χ2n) is 14.3. The largest absolute Gasteiger partial charge is 0.366 e. The Bertz CT molecular complexity index is 2860. The molecule has 12 nitrogen and oxygen atoms in total. The molecule has 0 aliphatic heterocycles. The van der Waals surface area contributed by atoms with E-state index in [0.29, 0.717) is 80.2 Å². The number of anilines is 2. The van der Waals surface area contributed by atoms with Gasteiger partial charge in [0, 0.05) is 60.6 Å². The van der Waals surface area contributed by atoms with Crippen LogP contribution in [0.15, 0.2) is 131 Å². The summed E-state index contributed by atoms with van der Waals surface area (Å²) in [6.07, 6.45) is 6.62. The van der Waals surface area contributed by atoms with Crippen molar-refractivity contribution in [3.8, 4) is 22.5 Å². The van der Waals surface area contributed by atoms with E-state index in [-0.39, 0.29) is 23.4 Å². The first-order valence-corrected chi connectivity index (χ1v) is 21.0. The van der Waals surface area contributed by atoms with Gasteiger partial charge < -0.3 is 21.3 Å². The Labute approximate surface area is 366 Å². The number of nitrogens with one attached hydrogen (secondary N) is 4. The smallest absolute Gasteiger partial charge is 0.251 e. The molecule has 9 rings (SSSR count). The highest BCUT2D eigenvalue weighted by atomic mass is 79.9. The lowest BCUT2D eigenvalue weighted by Crippen LogP contribution is -2.39. The third kappa shape index (κ3) is 9.30. The molecular formula is C45H38Br2F2N10O2. The lowest BCUT2D eigenvalue weighted by Gasteiger charge is -2.26.